The molecule has 0 atom stereocenters. The van der Waals surface area contributed by atoms with Crippen LogP contribution in [0.15, 0.2) is 18.2 Å². The summed E-state index contributed by atoms with van der Waals surface area (Å²) in [7, 11) is 1.61. The topological polar surface area (TPSA) is 82.8 Å². The van der Waals surface area contributed by atoms with Crippen molar-refractivity contribution in [1.29, 1.82) is 0 Å². The molecular weight excluding hydrogens is 260 g/mol. The zero-order valence-corrected chi connectivity index (χ0v) is 12.0. The Kier molecular flexibility index (Phi) is 7.64. The van der Waals surface area contributed by atoms with Gasteiger partial charge in [-0.1, -0.05) is 6.07 Å². The van der Waals surface area contributed by atoms with Crippen LogP contribution in [0.3, 0.4) is 0 Å². The first-order chi connectivity index (χ1) is 9.65. The summed E-state index contributed by atoms with van der Waals surface area (Å²) in [5.74, 6) is -0.212. The molecule has 0 aromatic heterocycles. The molecule has 6 nitrogen and oxygen atoms in total. The van der Waals surface area contributed by atoms with Crippen LogP contribution in [0, 0.1) is 6.92 Å². The summed E-state index contributed by atoms with van der Waals surface area (Å²) >= 11 is 0. The first-order valence-electron chi connectivity index (χ1n) is 6.44. The molecule has 0 unspecified atom stereocenters. The zero-order valence-electron chi connectivity index (χ0n) is 12.0. The Labute approximate surface area is 119 Å². The van der Waals surface area contributed by atoms with Crippen LogP contribution in [0.1, 0.15) is 5.56 Å². The molecule has 0 saturated heterocycles. The van der Waals surface area contributed by atoms with Gasteiger partial charge in [0.15, 0.2) is 0 Å². The third kappa shape index (κ3) is 6.01. The number of nitrogens with two attached hydrogens (primary N) is 1. The second kappa shape index (κ2) is 9.30. The zero-order chi connectivity index (χ0) is 14.8. The van der Waals surface area contributed by atoms with Gasteiger partial charge in [0.25, 0.3) is 0 Å². The van der Waals surface area contributed by atoms with Crippen molar-refractivity contribution in [2.45, 2.75) is 6.92 Å². The lowest BCUT2D eigenvalue weighted by Gasteiger charge is -2.10. The fourth-order valence-corrected chi connectivity index (χ4v) is 1.50. The molecule has 0 bridgehead atoms. The maximum Gasteiger partial charge on any atom is 0.250 e. The highest BCUT2D eigenvalue weighted by Gasteiger charge is 2.06. The third-order valence-corrected chi connectivity index (χ3v) is 2.69. The average Bonchev–Trinajstić information content (AvgIpc) is 2.43. The van der Waals surface area contributed by atoms with Crippen LogP contribution in [-0.4, -0.2) is 46.1 Å². The molecule has 1 aromatic carbocycles. The van der Waals surface area contributed by atoms with Crippen molar-refractivity contribution in [2.24, 2.45) is 0 Å². The molecule has 20 heavy (non-hydrogen) atoms. The Morgan fingerprint density at radius 1 is 1.20 bits per heavy atom. The minimum Gasteiger partial charge on any atom is -0.398 e. The minimum atomic E-state index is -0.212. The Bertz CT molecular complexity index is 424. The summed E-state index contributed by atoms with van der Waals surface area (Å²) in [5.41, 5.74) is 7.97. The Balaban J connectivity index is 2.19. The van der Waals surface area contributed by atoms with E-state index in [0.29, 0.717) is 37.8 Å². The van der Waals surface area contributed by atoms with Gasteiger partial charge in [-0.25, -0.2) is 0 Å². The average molecular weight is 282 g/mol. The van der Waals surface area contributed by atoms with Gasteiger partial charge in [0.1, 0.15) is 6.61 Å². The van der Waals surface area contributed by atoms with Gasteiger partial charge in [-0.2, -0.15) is 0 Å². The Hall–Kier alpha value is -1.63. The number of carbonyl (C=O) groups excluding carboxylic acids is 1. The third-order valence-electron chi connectivity index (χ3n) is 2.69. The number of rotatable bonds is 9. The number of nitrogen functional groups attached to an aromatic ring is 1. The number of benzene rings is 1. The Morgan fingerprint density at radius 3 is 2.65 bits per heavy atom. The molecule has 3 N–H and O–H groups in total. The molecule has 1 aromatic rings. The number of ether oxygens (including phenoxy) is 3. The number of carbonyl (C=O) groups is 1. The molecule has 0 fully saturated rings. The first-order valence-corrected chi connectivity index (χ1v) is 6.44. The molecule has 0 saturated carbocycles. The first kappa shape index (κ1) is 16.4. The van der Waals surface area contributed by atoms with E-state index in [-0.39, 0.29) is 12.5 Å². The van der Waals surface area contributed by atoms with E-state index in [2.05, 4.69) is 5.32 Å². The van der Waals surface area contributed by atoms with Gasteiger partial charge < -0.3 is 25.3 Å². The molecule has 0 aliphatic heterocycles. The molecular formula is C14H22N2O4. The van der Waals surface area contributed by atoms with Crippen LogP contribution < -0.4 is 11.1 Å². The normalized spacial score (nSPS) is 10.5. The lowest BCUT2D eigenvalue weighted by Crippen LogP contribution is -2.20. The molecule has 112 valence electrons. The SMILES string of the molecule is COCCOCCOCC(=O)Nc1cccc(N)c1C. The van der Waals surface area contributed by atoms with Gasteiger partial charge in [-0.05, 0) is 24.6 Å². The molecule has 1 rings (SSSR count). The van der Waals surface area contributed by atoms with E-state index in [9.17, 15) is 4.79 Å². The molecule has 0 radical (unpaired) electrons. The number of hydrogen-bond donors (Lipinski definition) is 2. The quantitative estimate of drug-likeness (QED) is 0.525. The molecule has 0 aliphatic carbocycles. The van der Waals surface area contributed by atoms with Crippen LogP contribution in [0.2, 0.25) is 0 Å². The van der Waals surface area contributed by atoms with Gasteiger partial charge in [0, 0.05) is 18.5 Å². The number of hydrogen-bond acceptors (Lipinski definition) is 5. The van der Waals surface area contributed by atoms with Crippen molar-refractivity contribution in [1.82, 2.24) is 0 Å². The maximum atomic E-state index is 11.7. The standard InChI is InChI=1S/C14H22N2O4/c1-11-12(15)4-3-5-13(11)16-14(17)10-20-9-8-19-7-6-18-2/h3-5H,6-10,15H2,1-2H3,(H,16,17). The van der Waals surface area contributed by atoms with E-state index in [1.807, 2.05) is 6.92 Å². The number of methoxy groups -OCH3 is 1. The Morgan fingerprint density at radius 2 is 1.90 bits per heavy atom. The van der Waals surface area contributed by atoms with E-state index in [1.165, 1.54) is 0 Å². The van der Waals surface area contributed by atoms with Gasteiger partial charge in [0.05, 0.1) is 26.4 Å². The molecule has 0 spiro atoms. The largest absolute Gasteiger partial charge is 0.398 e. The van der Waals surface area contributed by atoms with Crippen molar-refractivity contribution in [3.63, 3.8) is 0 Å². The number of anilines is 2. The van der Waals surface area contributed by atoms with Crippen LogP contribution >= 0.6 is 0 Å². The lowest BCUT2D eigenvalue weighted by molar-refractivity contribution is -0.121. The second-order valence-corrected chi connectivity index (χ2v) is 4.23. The van der Waals surface area contributed by atoms with Gasteiger partial charge >= 0.3 is 0 Å². The van der Waals surface area contributed by atoms with E-state index in [1.54, 1.807) is 25.3 Å². The fourth-order valence-electron chi connectivity index (χ4n) is 1.50. The summed E-state index contributed by atoms with van der Waals surface area (Å²) in [6.45, 7) is 3.72. The van der Waals surface area contributed by atoms with Crippen molar-refractivity contribution >= 4 is 17.3 Å². The van der Waals surface area contributed by atoms with Crippen LogP contribution in [0.25, 0.3) is 0 Å². The van der Waals surface area contributed by atoms with Crippen LogP contribution in [0.5, 0.6) is 0 Å². The fraction of sp³-hybridized carbons (Fsp3) is 0.500. The highest BCUT2D eigenvalue weighted by molar-refractivity contribution is 5.93. The summed E-state index contributed by atoms with van der Waals surface area (Å²) in [6, 6.07) is 5.39. The highest BCUT2D eigenvalue weighted by Crippen LogP contribution is 2.20. The predicted molar refractivity (Wildman–Crippen MR) is 77.7 cm³/mol. The summed E-state index contributed by atoms with van der Waals surface area (Å²) < 4.78 is 15.3. The summed E-state index contributed by atoms with van der Waals surface area (Å²) in [5, 5.41) is 2.76. The minimum absolute atomic E-state index is 0.0120. The van der Waals surface area contributed by atoms with E-state index in [0.717, 1.165) is 5.56 Å². The molecule has 1 amide bonds. The van der Waals surface area contributed by atoms with E-state index in [4.69, 9.17) is 19.9 Å². The molecule has 0 heterocycles. The smallest absolute Gasteiger partial charge is 0.250 e. The van der Waals surface area contributed by atoms with Gasteiger partial charge in [-0.3, -0.25) is 4.79 Å². The van der Waals surface area contributed by atoms with Crippen molar-refractivity contribution < 1.29 is 19.0 Å². The lowest BCUT2D eigenvalue weighted by atomic mass is 10.1. The predicted octanol–water partition coefficient (Wildman–Crippen LogP) is 1.20. The van der Waals surface area contributed by atoms with E-state index >= 15 is 0 Å². The van der Waals surface area contributed by atoms with Crippen molar-refractivity contribution in [3.05, 3.63) is 23.8 Å². The molecule has 0 aliphatic rings. The maximum absolute atomic E-state index is 11.7. The van der Waals surface area contributed by atoms with Crippen molar-refractivity contribution in [3.8, 4) is 0 Å². The second-order valence-electron chi connectivity index (χ2n) is 4.23. The molecule has 6 heteroatoms. The monoisotopic (exact) mass is 282 g/mol. The van der Waals surface area contributed by atoms with E-state index < -0.39 is 0 Å². The van der Waals surface area contributed by atoms with Gasteiger partial charge in [-0.15, -0.1) is 0 Å². The number of nitrogens with one attached hydrogen (secondary N) is 1. The summed E-state index contributed by atoms with van der Waals surface area (Å²) in [6.07, 6.45) is 0. The van der Waals surface area contributed by atoms with Crippen molar-refractivity contribution in [2.75, 3.05) is 51.2 Å². The van der Waals surface area contributed by atoms with Crippen LogP contribution in [-0.2, 0) is 19.0 Å². The van der Waals surface area contributed by atoms with Crippen LogP contribution in [0.4, 0.5) is 11.4 Å². The highest BCUT2D eigenvalue weighted by atomic mass is 16.5. The summed E-state index contributed by atoms with van der Waals surface area (Å²) in [4.78, 5) is 11.7. The van der Waals surface area contributed by atoms with Gasteiger partial charge in [0.2, 0.25) is 5.91 Å². The number of amides is 1.